The van der Waals surface area contributed by atoms with E-state index in [-0.39, 0.29) is 0 Å². The van der Waals surface area contributed by atoms with Crippen molar-refractivity contribution in [3.05, 3.63) is 29.3 Å². The molecule has 3 heterocycles. The molecule has 0 radical (unpaired) electrons. The van der Waals surface area contributed by atoms with E-state index in [2.05, 4.69) is 25.9 Å². The zero-order valence-corrected chi connectivity index (χ0v) is 8.02. The molecule has 0 aliphatic heterocycles. The molecule has 3 rings (SSSR count). The fraction of sp³-hybridized carbons (Fsp3) is 0. The molecule has 0 aromatic carbocycles. The quantitative estimate of drug-likeness (QED) is 0.603. The molecule has 0 fully saturated rings. The molecule has 13 heavy (non-hydrogen) atoms. The molecule has 0 amide bonds. The first-order valence-corrected chi connectivity index (χ1v) is 4.51. The van der Waals surface area contributed by atoms with Crippen LogP contribution < -0.4 is 0 Å². The SMILES string of the molecule is Brc1cnc2cnc3occc3n12. The maximum absolute atomic E-state index is 5.17. The first-order chi connectivity index (χ1) is 6.36. The molecule has 4 nitrogen and oxygen atoms in total. The van der Waals surface area contributed by atoms with Crippen molar-refractivity contribution in [2.24, 2.45) is 0 Å². The number of hydrogen-bond acceptors (Lipinski definition) is 3. The number of imidazole rings is 1. The highest BCUT2D eigenvalue weighted by molar-refractivity contribution is 9.10. The van der Waals surface area contributed by atoms with Crippen molar-refractivity contribution in [2.45, 2.75) is 0 Å². The molecule has 0 saturated heterocycles. The van der Waals surface area contributed by atoms with Crippen LogP contribution in [0.15, 0.2) is 33.7 Å². The third kappa shape index (κ3) is 0.846. The van der Waals surface area contributed by atoms with E-state index < -0.39 is 0 Å². The number of halogens is 1. The van der Waals surface area contributed by atoms with Crippen LogP contribution in [0, 0.1) is 0 Å². The van der Waals surface area contributed by atoms with Gasteiger partial charge in [-0.05, 0) is 15.9 Å². The van der Waals surface area contributed by atoms with Crippen LogP contribution in [-0.4, -0.2) is 14.4 Å². The highest BCUT2D eigenvalue weighted by Gasteiger charge is 2.06. The summed E-state index contributed by atoms with van der Waals surface area (Å²) < 4.78 is 8.01. The first-order valence-electron chi connectivity index (χ1n) is 3.71. The summed E-state index contributed by atoms with van der Waals surface area (Å²) in [6, 6.07) is 1.86. The van der Waals surface area contributed by atoms with E-state index in [1.165, 1.54) is 0 Å². The summed E-state index contributed by atoms with van der Waals surface area (Å²) >= 11 is 3.40. The predicted octanol–water partition coefficient (Wildman–Crippen LogP) is 2.24. The highest BCUT2D eigenvalue weighted by Crippen LogP contribution is 2.19. The number of hydrogen-bond donors (Lipinski definition) is 0. The average molecular weight is 238 g/mol. The Balaban J connectivity index is 2.70. The monoisotopic (exact) mass is 237 g/mol. The largest absolute Gasteiger partial charge is 0.445 e. The molecule has 0 spiro atoms. The van der Waals surface area contributed by atoms with Gasteiger partial charge in [0.2, 0.25) is 5.71 Å². The predicted molar refractivity (Wildman–Crippen MR) is 50.5 cm³/mol. The lowest BCUT2D eigenvalue weighted by Crippen LogP contribution is -1.87. The zero-order chi connectivity index (χ0) is 8.84. The molecule has 0 aliphatic carbocycles. The number of rotatable bonds is 0. The van der Waals surface area contributed by atoms with Gasteiger partial charge in [-0.25, -0.2) is 9.97 Å². The summed E-state index contributed by atoms with van der Waals surface area (Å²) in [5, 5.41) is 0. The van der Waals surface area contributed by atoms with Gasteiger partial charge in [-0.3, -0.25) is 4.40 Å². The molecule has 0 bridgehead atoms. The summed E-state index contributed by atoms with van der Waals surface area (Å²) in [5.74, 6) is 0. The molecular formula is C8H4BrN3O. The zero-order valence-electron chi connectivity index (χ0n) is 6.44. The number of aromatic nitrogens is 3. The second-order valence-electron chi connectivity index (χ2n) is 2.64. The number of nitrogens with zero attached hydrogens (tertiary/aromatic N) is 3. The van der Waals surface area contributed by atoms with E-state index in [1.54, 1.807) is 18.7 Å². The third-order valence-corrected chi connectivity index (χ3v) is 2.47. The fourth-order valence-corrected chi connectivity index (χ4v) is 1.83. The minimum Gasteiger partial charge on any atom is -0.445 e. The number of fused-ring (bicyclic) bond motifs is 3. The second kappa shape index (κ2) is 2.32. The maximum atomic E-state index is 5.17. The standard InChI is InChI=1S/C8H4BrN3O/c9-6-3-10-7-4-11-8-5(12(6)7)1-2-13-8/h1-4H. The first kappa shape index (κ1) is 7.08. The van der Waals surface area contributed by atoms with Crippen LogP contribution in [0.4, 0.5) is 0 Å². The highest BCUT2D eigenvalue weighted by atomic mass is 79.9. The smallest absolute Gasteiger partial charge is 0.243 e. The summed E-state index contributed by atoms with van der Waals surface area (Å²) in [6.45, 7) is 0. The van der Waals surface area contributed by atoms with Crippen molar-refractivity contribution in [3.8, 4) is 0 Å². The Morgan fingerprint density at radius 1 is 1.31 bits per heavy atom. The van der Waals surface area contributed by atoms with Crippen LogP contribution in [0.2, 0.25) is 0 Å². The average Bonchev–Trinajstić information content (AvgIpc) is 2.70. The van der Waals surface area contributed by atoms with Crippen molar-refractivity contribution in [1.29, 1.82) is 0 Å². The lowest BCUT2D eigenvalue weighted by molar-refractivity contribution is 0.602. The van der Waals surface area contributed by atoms with E-state index >= 15 is 0 Å². The Labute approximate surface area is 81.3 Å². The normalized spacial score (nSPS) is 11.5. The maximum Gasteiger partial charge on any atom is 0.243 e. The van der Waals surface area contributed by atoms with E-state index in [1.807, 2.05) is 10.5 Å². The Morgan fingerprint density at radius 2 is 2.23 bits per heavy atom. The van der Waals surface area contributed by atoms with Gasteiger partial charge in [0.15, 0.2) is 5.65 Å². The van der Waals surface area contributed by atoms with Gasteiger partial charge in [0.1, 0.15) is 10.1 Å². The van der Waals surface area contributed by atoms with Gasteiger partial charge in [0.25, 0.3) is 0 Å². The molecule has 3 aromatic rings. The van der Waals surface area contributed by atoms with Crippen LogP contribution in [0.25, 0.3) is 16.9 Å². The summed E-state index contributed by atoms with van der Waals surface area (Å²) in [5.41, 5.74) is 2.34. The van der Waals surface area contributed by atoms with Gasteiger partial charge in [-0.2, -0.15) is 0 Å². The Kier molecular flexibility index (Phi) is 1.26. The van der Waals surface area contributed by atoms with E-state index in [9.17, 15) is 0 Å². The minimum atomic E-state index is 0.617. The van der Waals surface area contributed by atoms with Gasteiger partial charge in [0.05, 0.1) is 18.7 Å². The van der Waals surface area contributed by atoms with Gasteiger partial charge >= 0.3 is 0 Å². The Hall–Kier alpha value is -1.36. The second-order valence-corrected chi connectivity index (χ2v) is 3.46. The fourth-order valence-electron chi connectivity index (χ4n) is 1.35. The minimum absolute atomic E-state index is 0.617. The van der Waals surface area contributed by atoms with E-state index in [0.717, 1.165) is 15.8 Å². The van der Waals surface area contributed by atoms with E-state index in [0.29, 0.717) is 5.71 Å². The van der Waals surface area contributed by atoms with Gasteiger partial charge in [-0.1, -0.05) is 0 Å². The van der Waals surface area contributed by atoms with Gasteiger partial charge in [-0.15, -0.1) is 0 Å². The van der Waals surface area contributed by atoms with Crippen molar-refractivity contribution in [3.63, 3.8) is 0 Å². The molecule has 0 N–H and O–H groups in total. The molecule has 0 aliphatic rings. The Morgan fingerprint density at radius 3 is 3.15 bits per heavy atom. The van der Waals surface area contributed by atoms with Crippen LogP contribution in [-0.2, 0) is 0 Å². The van der Waals surface area contributed by atoms with E-state index in [4.69, 9.17) is 4.42 Å². The number of furan rings is 1. The molecule has 64 valence electrons. The molecular weight excluding hydrogens is 234 g/mol. The molecule has 0 unspecified atom stereocenters. The van der Waals surface area contributed by atoms with Crippen LogP contribution in [0.1, 0.15) is 0 Å². The summed E-state index contributed by atoms with van der Waals surface area (Å²) in [4.78, 5) is 8.27. The molecule has 3 aromatic heterocycles. The van der Waals surface area contributed by atoms with Crippen molar-refractivity contribution >= 4 is 32.8 Å². The van der Waals surface area contributed by atoms with Crippen LogP contribution >= 0.6 is 15.9 Å². The van der Waals surface area contributed by atoms with Crippen LogP contribution in [0.3, 0.4) is 0 Å². The summed E-state index contributed by atoms with van der Waals surface area (Å²) in [6.07, 6.45) is 5.03. The molecule has 5 heteroatoms. The van der Waals surface area contributed by atoms with Crippen molar-refractivity contribution in [1.82, 2.24) is 14.4 Å². The lowest BCUT2D eigenvalue weighted by Gasteiger charge is -1.94. The third-order valence-electron chi connectivity index (χ3n) is 1.91. The van der Waals surface area contributed by atoms with Crippen molar-refractivity contribution in [2.75, 3.05) is 0 Å². The topological polar surface area (TPSA) is 43.3 Å². The molecule has 0 atom stereocenters. The Bertz CT molecular complexity index is 583. The van der Waals surface area contributed by atoms with Crippen LogP contribution in [0.5, 0.6) is 0 Å². The summed E-state index contributed by atoms with van der Waals surface area (Å²) in [7, 11) is 0. The lowest BCUT2D eigenvalue weighted by atomic mass is 10.5. The van der Waals surface area contributed by atoms with Gasteiger partial charge in [0, 0.05) is 6.07 Å². The molecule has 0 saturated carbocycles. The van der Waals surface area contributed by atoms with Crippen molar-refractivity contribution < 1.29 is 4.42 Å². The van der Waals surface area contributed by atoms with Gasteiger partial charge < -0.3 is 4.42 Å².